The molecule has 0 bridgehead atoms. The quantitative estimate of drug-likeness (QED) is 0.448. The number of hydrogen-bond donors (Lipinski definition) is 1. The summed E-state index contributed by atoms with van der Waals surface area (Å²) in [5.74, 6) is 0.609. The van der Waals surface area contributed by atoms with Gasteiger partial charge in [0.2, 0.25) is 5.91 Å². The molecule has 0 saturated heterocycles. The second-order valence-corrected chi connectivity index (χ2v) is 7.87. The summed E-state index contributed by atoms with van der Waals surface area (Å²) in [5, 5.41) is 7.57. The molecule has 1 aromatic carbocycles. The van der Waals surface area contributed by atoms with Gasteiger partial charge in [0, 0.05) is 34.4 Å². The van der Waals surface area contributed by atoms with Crippen molar-refractivity contribution in [3.63, 3.8) is 0 Å². The maximum atomic E-state index is 12.3. The van der Waals surface area contributed by atoms with Crippen LogP contribution in [0.5, 0.6) is 0 Å². The van der Waals surface area contributed by atoms with Crippen molar-refractivity contribution in [3.8, 4) is 22.0 Å². The summed E-state index contributed by atoms with van der Waals surface area (Å²) in [4.78, 5) is 22.3. The Bertz CT molecular complexity index is 1200. The van der Waals surface area contributed by atoms with E-state index in [-0.39, 0.29) is 12.3 Å². The van der Waals surface area contributed by atoms with Gasteiger partial charge in [0.15, 0.2) is 15.7 Å². The molecule has 138 valence electrons. The summed E-state index contributed by atoms with van der Waals surface area (Å²) in [6.07, 6.45) is 5.81. The Morgan fingerprint density at radius 1 is 1.14 bits per heavy atom. The number of carbonyl (C=O) groups is 1. The number of amides is 1. The summed E-state index contributed by atoms with van der Waals surface area (Å²) in [6, 6.07) is 11.4. The molecule has 0 atom stereocenters. The lowest BCUT2D eigenvalue weighted by Crippen LogP contribution is -2.14. The van der Waals surface area contributed by atoms with E-state index in [1.807, 2.05) is 64.0 Å². The van der Waals surface area contributed by atoms with Crippen molar-refractivity contribution in [2.45, 2.75) is 6.42 Å². The van der Waals surface area contributed by atoms with Crippen LogP contribution in [0.4, 0.5) is 5.69 Å². The monoisotopic (exact) mass is 406 g/mol. The van der Waals surface area contributed by atoms with Crippen LogP contribution < -0.4 is 5.32 Å². The number of anilines is 1. The lowest BCUT2D eigenvalue weighted by molar-refractivity contribution is -0.115. The minimum absolute atomic E-state index is 0.105. The van der Waals surface area contributed by atoms with Gasteiger partial charge in [-0.15, -0.1) is 22.7 Å². The standard InChI is InChI=1S/C20H14N4O2S2/c25-18(10-15-12-28-19(22-15)17-2-1-8-26-17)21-14-5-3-13(4-6-14)16-11-24-7-9-27-20(24)23-16/h1-9,11-12H,10H2,(H,21,25). The molecule has 1 N–H and O–H groups in total. The molecule has 0 saturated carbocycles. The average Bonchev–Trinajstić information content (AvgIpc) is 3.46. The van der Waals surface area contributed by atoms with Gasteiger partial charge < -0.3 is 9.73 Å². The van der Waals surface area contributed by atoms with Gasteiger partial charge in [0.25, 0.3) is 0 Å². The molecule has 8 heteroatoms. The molecular formula is C20H14N4O2S2. The van der Waals surface area contributed by atoms with Gasteiger partial charge in [-0.2, -0.15) is 0 Å². The van der Waals surface area contributed by atoms with Crippen LogP contribution in [0, 0.1) is 0 Å². The molecule has 1 amide bonds. The predicted molar refractivity (Wildman–Crippen MR) is 111 cm³/mol. The van der Waals surface area contributed by atoms with Crippen LogP contribution in [0.15, 0.2) is 70.2 Å². The van der Waals surface area contributed by atoms with Gasteiger partial charge in [0.05, 0.1) is 24.1 Å². The Morgan fingerprint density at radius 3 is 2.82 bits per heavy atom. The first kappa shape index (κ1) is 16.9. The lowest BCUT2D eigenvalue weighted by atomic mass is 10.1. The average molecular weight is 406 g/mol. The summed E-state index contributed by atoms with van der Waals surface area (Å²) in [5.41, 5.74) is 3.40. The number of furan rings is 1. The van der Waals surface area contributed by atoms with Crippen LogP contribution in [0.3, 0.4) is 0 Å². The fourth-order valence-electron chi connectivity index (χ4n) is 2.86. The normalized spacial score (nSPS) is 11.1. The third-order valence-corrected chi connectivity index (χ3v) is 5.86. The highest BCUT2D eigenvalue weighted by molar-refractivity contribution is 7.15. The topological polar surface area (TPSA) is 72.4 Å². The Kier molecular flexibility index (Phi) is 4.27. The number of hydrogen-bond acceptors (Lipinski definition) is 6. The molecule has 0 fully saturated rings. The molecule has 0 radical (unpaired) electrons. The fraction of sp³-hybridized carbons (Fsp3) is 0.0500. The van der Waals surface area contributed by atoms with Gasteiger partial charge >= 0.3 is 0 Å². The van der Waals surface area contributed by atoms with Crippen molar-refractivity contribution in [2.75, 3.05) is 5.32 Å². The first-order valence-electron chi connectivity index (χ1n) is 8.55. The number of rotatable bonds is 5. The molecule has 28 heavy (non-hydrogen) atoms. The molecular weight excluding hydrogens is 392 g/mol. The fourth-order valence-corrected chi connectivity index (χ4v) is 4.35. The van der Waals surface area contributed by atoms with Crippen molar-refractivity contribution in [1.29, 1.82) is 0 Å². The van der Waals surface area contributed by atoms with Crippen LogP contribution in [0.25, 0.3) is 27.0 Å². The van der Waals surface area contributed by atoms with Crippen molar-refractivity contribution >= 4 is 39.2 Å². The van der Waals surface area contributed by atoms with Gasteiger partial charge in [0.1, 0.15) is 0 Å². The molecule has 0 aliphatic carbocycles. The van der Waals surface area contributed by atoms with Gasteiger partial charge in [-0.3, -0.25) is 9.20 Å². The van der Waals surface area contributed by atoms with Crippen molar-refractivity contribution < 1.29 is 9.21 Å². The van der Waals surface area contributed by atoms with Gasteiger partial charge in [-0.1, -0.05) is 12.1 Å². The second kappa shape index (κ2) is 7.06. The van der Waals surface area contributed by atoms with Crippen LogP contribution in [-0.4, -0.2) is 20.3 Å². The zero-order chi connectivity index (χ0) is 18.9. The van der Waals surface area contributed by atoms with Gasteiger partial charge in [-0.05, 0) is 24.3 Å². The summed E-state index contributed by atoms with van der Waals surface area (Å²) < 4.78 is 7.34. The van der Waals surface area contributed by atoms with E-state index in [1.54, 1.807) is 17.6 Å². The van der Waals surface area contributed by atoms with E-state index in [2.05, 4.69) is 15.3 Å². The van der Waals surface area contributed by atoms with Crippen molar-refractivity contribution in [3.05, 3.63) is 71.5 Å². The zero-order valence-corrected chi connectivity index (χ0v) is 16.2. The SMILES string of the molecule is O=C(Cc1csc(-c2ccco2)n1)Nc1ccc(-c2cn3ccsc3n2)cc1. The third kappa shape index (κ3) is 3.35. The molecule has 5 aromatic rings. The minimum Gasteiger partial charge on any atom is -0.462 e. The number of nitrogens with one attached hydrogen (secondary N) is 1. The minimum atomic E-state index is -0.105. The predicted octanol–water partition coefficient (Wildman–Crippen LogP) is 4.96. The van der Waals surface area contributed by atoms with E-state index >= 15 is 0 Å². The zero-order valence-electron chi connectivity index (χ0n) is 14.5. The second-order valence-electron chi connectivity index (χ2n) is 6.14. The molecule has 0 aliphatic heterocycles. The van der Waals surface area contributed by atoms with Crippen molar-refractivity contribution in [1.82, 2.24) is 14.4 Å². The molecule has 5 rings (SSSR count). The number of thiazole rings is 2. The highest BCUT2D eigenvalue weighted by atomic mass is 32.1. The number of carbonyl (C=O) groups excluding carboxylic acids is 1. The smallest absolute Gasteiger partial charge is 0.230 e. The van der Waals surface area contributed by atoms with Crippen LogP contribution in [-0.2, 0) is 11.2 Å². The number of benzene rings is 1. The van der Waals surface area contributed by atoms with E-state index < -0.39 is 0 Å². The molecule has 0 spiro atoms. The number of nitrogens with zero attached hydrogens (tertiary/aromatic N) is 3. The Hall–Kier alpha value is -3.23. The van der Waals surface area contributed by atoms with Crippen LogP contribution in [0.1, 0.15) is 5.69 Å². The number of fused-ring (bicyclic) bond motifs is 1. The highest BCUT2D eigenvalue weighted by Gasteiger charge is 2.11. The summed E-state index contributed by atoms with van der Waals surface area (Å²) in [6.45, 7) is 0. The highest BCUT2D eigenvalue weighted by Crippen LogP contribution is 2.25. The number of imidazole rings is 1. The Labute approximate surface area is 168 Å². The Morgan fingerprint density at radius 2 is 2.04 bits per heavy atom. The van der Waals surface area contributed by atoms with E-state index in [0.29, 0.717) is 5.76 Å². The molecule has 0 aliphatic rings. The van der Waals surface area contributed by atoms with E-state index in [9.17, 15) is 4.79 Å². The summed E-state index contributed by atoms with van der Waals surface area (Å²) in [7, 11) is 0. The molecule has 4 heterocycles. The largest absolute Gasteiger partial charge is 0.462 e. The van der Waals surface area contributed by atoms with Gasteiger partial charge in [-0.25, -0.2) is 9.97 Å². The maximum Gasteiger partial charge on any atom is 0.230 e. The molecule has 6 nitrogen and oxygen atoms in total. The van der Waals surface area contributed by atoms with E-state index in [0.717, 1.165) is 32.6 Å². The van der Waals surface area contributed by atoms with Crippen molar-refractivity contribution in [2.24, 2.45) is 0 Å². The lowest BCUT2D eigenvalue weighted by Gasteiger charge is -2.05. The van der Waals surface area contributed by atoms with Crippen LogP contribution in [0.2, 0.25) is 0 Å². The number of aromatic nitrogens is 3. The Balaban J connectivity index is 1.24. The first-order valence-corrected chi connectivity index (χ1v) is 10.3. The van der Waals surface area contributed by atoms with E-state index in [4.69, 9.17) is 4.42 Å². The summed E-state index contributed by atoms with van der Waals surface area (Å²) >= 11 is 3.06. The van der Waals surface area contributed by atoms with E-state index in [1.165, 1.54) is 11.3 Å². The molecule has 4 aromatic heterocycles. The third-order valence-electron chi connectivity index (χ3n) is 4.18. The first-order chi connectivity index (χ1) is 13.7. The maximum absolute atomic E-state index is 12.3. The molecule has 0 unspecified atom stereocenters. The van der Waals surface area contributed by atoms with Crippen LogP contribution >= 0.6 is 22.7 Å².